The number of piperidine rings is 1. The summed E-state index contributed by atoms with van der Waals surface area (Å²) in [6.07, 6.45) is 4.33. The van der Waals surface area contributed by atoms with E-state index in [1.807, 2.05) is 11.0 Å². The number of rotatable bonds is 5. The van der Waals surface area contributed by atoms with Gasteiger partial charge < -0.3 is 25.6 Å². The van der Waals surface area contributed by atoms with Gasteiger partial charge in [0.25, 0.3) is 0 Å². The number of ether oxygens (including phenoxy) is 1. The first kappa shape index (κ1) is 22.0. The van der Waals surface area contributed by atoms with Crippen molar-refractivity contribution in [2.24, 2.45) is 0 Å². The predicted octanol–water partition coefficient (Wildman–Crippen LogP) is 1.92. The van der Waals surface area contributed by atoms with Crippen molar-refractivity contribution in [2.45, 2.75) is 32.2 Å². The van der Waals surface area contributed by atoms with Crippen molar-refractivity contribution in [3.63, 3.8) is 0 Å². The lowest BCUT2D eigenvalue weighted by Crippen LogP contribution is -2.46. The summed E-state index contributed by atoms with van der Waals surface area (Å²) >= 11 is 0. The summed E-state index contributed by atoms with van der Waals surface area (Å²) in [6.45, 7) is 10.6. The zero-order valence-electron chi connectivity index (χ0n) is 18.0. The maximum atomic E-state index is 11.9. The first-order valence-electron chi connectivity index (χ1n) is 10.6. The topological polar surface area (TPSA) is 91.1 Å². The van der Waals surface area contributed by atoms with Gasteiger partial charge in [-0.1, -0.05) is 6.58 Å². The minimum Gasteiger partial charge on any atom is -0.495 e. The first-order chi connectivity index (χ1) is 14.4. The lowest BCUT2D eigenvalue weighted by molar-refractivity contribution is -0.128. The summed E-state index contributed by atoms with van der Waals surface area (Å²) in [6, 6.07) is 4.15. The number of carbonyl (C=O) groups excluding carboxylic acids is 2. The van der Waals surface area contributed by atoms with E-state index in [1.165, 1.54) is 6.08 Å². The number of nitrogen functional groups attached to an aromatic ring is 1. The van der Waals surface area contributed by atoms with Gasteiger partial charge in [-0.3, -0.25) is 14.5 Å². The molecule has 8 heteroatoms. The molecule has 0 radical (unpaired) electrons. The third-order valence-electron chi connectivity index (χ3n) is 6.09. The van der Waals surface area contributed by atoms with Crippen LogP contribution < -0.4 is 20.7 Å². The lowest BCUT2D eigenvalue weighted by atomic mass is 10.0. The van der Waals surface area contributed by atoms with Crippen molar-refractivity contribution in [3.05, 3.63) is 24.8 Å². The normalized spacial score (nSPS) is 18.6. The van der Waals surface area contributed by atoms with Crippen molar-refractivity contribution in [3.8, 4) is 5.75 Å². The smallest absolute Gasteiger partial charge is 0.247 e. The van der Waals surface area contributed by atoms with E-state index in [0.717, 1.165) is 64.2 Å². The molecule has 2 amide bonds. The molecule has 2 heterocycles. The maximum Gasteiger partial charge on any atom is 0.247 e. The van der Waals surface area contributed by atoms with Crippen LogP contribution in [0.2, 0.25) is 0 Å². The Morgan fingerprint density at radius 2 is 1.90 bits per heavy atom. The van der Waals surface area contributed by atoms with Gasteiger partial charge >= 0.3 is 0 Å². The summed E-state index contributed by atoms with van der Waals surface area (Å²) in [5.41, 5.74) is 8.12. The summed E-state index contributed by atoms with van der Waals surface area (Å²) in [4.78, 5) is 30.3. The van der Waals surface area contributed by atoms with Gasteiger partial charge in [-0.2, -0.15) is 0 Å². The molecule has 0 atom stereocenters. The largest absolute Gasteiger partial charge is 0.495 e. The van der Waals surface area contributed by atoms with Gasteiger partial charge in [0, 0.05) is 58.3 Å². The summed E-state index contributed by atoms with van der Waals surface area (Å²) in [7, 11) is 1.59. The quantitative estimate of drug-likeness (QED) is 0.564. The Balaban J connectivity index is 1.69. The fourth-order valence-electron chi connectivity index (χ4n) is 4.40. The predicted molar refractivity (Wildman–Crippen MR) is 120 cm³/mol. The molecule has 0 saturated carbocycles. The number of hydrogen-bond acceptors (Lipinski definition) is 6. The fraction of sp³-hybridized carbons (Fsp3) is 0.545. The highest BCUT2D eigenvalue weighted by Gasteiger charge is 2.28. The minimum absolute atomic E-state index is 0.165. The molecule has 2 fully saturated rings. The van der Waals surface area contributed by atoms with E-state index in [0.29, 0.717) is 23.2 Å². The Hall–Kier alpha value is -2.74. The third-order valence-corrected chi connectivity index (χ3v) is 6.09. The molecule has 3 rings (SSSR count). The average molecular weight is 416 g/mol. The van der Waals surface area contributed by atoms with Crippen molar-refractivity contribution in [2.75, 3.05) is 62.3 Å². The highest BCUT2D eigenvalue weighted by atomic mass is 16.5. The Labute approximate surface area is 178 Å². The molecule has 164 valence electrons. The van der Waals surface area contributed by atoms with Crippen molar-refractivity contribution in [1.82, 2.24) is 9.80 Å². The molecule has 0 aliphatic carbocycles. The second kappa shape index (κ2) is 9.84. The van der Waals surface area contributed by atoms with Crippen LogP contribution in [-0.4, -0.2) is 74.0 Å². The number of anilines is 3. The van der Waals surface area contributed by atoms with E-state index in [2.05, 4.69) is 21.7 Å². The van der Waals surface area contributed by atoms with Gasteiger partial charge in [-0.15, -0.1) is 0 Å². The standard InChI is InChI=1S/C22H33N5O3/c1-4-22(29)24-19-14-18(23)21(30-3)15-20(19)27-10-6-17(7-11-27)26-9-5-8-25(12-13-26)16(2)28/h4,14-15,17H,1,5-13,23H2,2-3H3,(H,24,29). The Bertz CT molecular complexity index is 789. The van der Waals surface area contributed by atoms with Crippen molar-refractivity contribution >= 4 is 28.9 Å². The van der Waals surface area contributed by atoms with Gasteiger partial charge in [0.2, 0.25) is 11.8 Å². The fourth-order valence-corrected chi connectivity index (χ4v) is 4.40. The van der Waals surface area contributed by atoms with Gasteiger partial charge in [0.15, 0.2) is 0 Å². The van der Waals surface area contributed by atoms with Crippen LogP contribution in [0.25, 0.3) is 0 Å². The van der Waals surface area contributed by atoms with Crippen molar-refractivity contribution < 1.29 is 14.3 Å². The van der Waals surface area contributed by atoms with Gasteiger partial charge in [-0.05, 0) is 31.4 Å². The second-order valence-electron chi connectivity index (χ2n) is 7.92. The van der Waals surface area contributed by atoms with E-state index in [9.17, 15) is 9.59 Å². The number of benzene rings is 1. The van der Waals surface area contributed by atoms with Crippen LogP contribution >= 0.6 is 0 Å². The SMILES string of the molecule is C=CC(=O)Nc1cc(N)c(OC)cc1N1CCC(N2CCCN(C(C)=O)CC2)CC1. The number of amides is 2. The maximum absolute atomic E-state index is 11.9. The van der Waals surface area contributed by atoms with Gasteiger partial charge in [0.1, 0.15) is 5.75 Å². The van der Waals surface area contributed by atoms with Crippen LogP contribution in [0.4, 0.5) is 17.1 Å². The molecule has 2 aliphatic heterocycles. The number of nitrogens with one attached hydrogen (secondary N) is 1. The van der Waals surface area contributed by atoms with E-state index < -0.39 is 0 Å². The monoisotopic (exact) mass is 415 g/mol. The summed E-state index contributed by atoms with van der Waals surface area (Å²) in [5.74, 6) is 0.494. The van der Waals surface area contributed by atoms with Gasteiger partial charge in [-0.25, -0.2) is 0 Å². The second-order valence-corrected chi connectivity index (χ2v) is 7.92. The molecule has 0 unspecified atom stereocenters. The molecule has 0 aromatic heterocycles. The van der Waals surface area contributed by atoms with Gasteiger partial charge in [0.05, 0.1) is 24.2 Å². The van der Waals surface area contributed by atoms with Crippen LogP contribution in [0, 0.1) is 0 Å². The highest BCUT2D eigenvalue weighted by Crippen LogP contribution is 2.37. The Morgan fingerprint density at radius 3 is 2.53 bits per heavy atom. The summed E-state index contributed by atoms with van der Waals surface area (Å²) in [5, 5.41) is 2.87. The Kier molecular flexibility index (Phi) is 7.20. The van der Waals surface area contributed by atoms with Crippen molar-refractivity contribution in [1.29, 1.82) is 0 Å². The van der Waals surface area contributed by atoms with E-state index >= 15 is 0 Å². The number of nitrogens with zero attached hydrogens (tertiary/aromatic N) is 3. The molecular formula is C22H33N5O3. The van der Waals surface area contributed by atoms with E-state index in [4.69, 9.17) is 10.5 Å². The molecule has 30 heavy (non-hydrogen) atoms. The zero-order valence-corrected chi connectivity index (χ0v) is 18.0. The molecular weight excluding hydrogens is 382 g/mol. The molecule has 3 N–H and O–H groups in total. The lowest BCUT2D eigenvalue weighted by Gasteiger charge is -2.39. The highest BCUT2D eigenvalue weighted by molar-refractivity contribution is 6.02. The van der Waals surface area contributed by atoms with Crippen LogP contribution in [0.1, 0.15) is 26.2 Å². The Morgan fingerprint density at radius 1 is 1.17 bits per heavy atom. The number of hydrogen-bond donors (Lipinski definition) is 2. The molecule has 2 aliphatic rings. The van der Waals surface area contributed by atoms with E-state index in [-0.39, 0.29) is 11.8 Å². The van der Waals surface area contributed by atoms with Crippen LogP contribution in [0.15, 0.2) is 24.8 Å². The minimum atomic E-state index is -0.268. The average Bonchev–Trinajstić information content (AvgIpc) is 3.00. The molecule has 1 aromatic rings. The molecule has 8 nitrogen and oxygen atoms in total. The number of nitrogens with two attached hydrogens (primary N) is 1. The molecule has 0 spiro atoms. The molecule has 2 saturated heterocycles. The summed E-state index contributed by atoms with van der Waals surface area (Å²) < 4.78 is 5.40. The van der Waals surface area contributed by atoms with Crippen LogP contribution in [-0.2, 0) is 9.59 Å². The molecule has 0 bridgehead atoms. The first-order valence-corrected chi connectivity index (χ1v) is 10.6. The number of methoxy groups -OCH3 is 1. The van der Waals surface area contributed by atoms with Crippen LogP contribution in [0.5, 0.6) is 5.75 Å². The van der Waals surface area contributed by atoms with Crippen LogP contribution in [0.3, 0.4) is 0 Å². The third kappa shape index (κ3) is 5.05. The van der Waals surface area contributed by atoms with E-state index in [1.54, 1.807) is 20.1 Å². The molecule has 1 aromatic carbocycles. The number of carbonyl (C=O) groups is 2. The zero-order chi connectivity index (χ0) is 21.7.